The molecule has 2 amide bonds. The molecule has 3 aliphatic carbocycles. The Kier molecular flexibility index (Phi) is 5.89. The fourth-order valence-corrected chi connectivity index (χ4v) is 6.36. The number of allylic oxidation sites excluding steroid dienone is 1. The third-order valence-corrected chi connectivity index (χ3v) is 8.06. The van der Waals surface area contributed by atoms with E-state index in [4.69, 9.17) is 11.5 Å². The van der Waals surface area contributed by atoms with Gasteiger partial charge in [-0.1, -0.05) is 18.2 Å². The summed E-state index contributed by atoms with van der Waals surface area (Å²) in [6.45, 7) is 0. The zero-order chi connectivity index (χ0) is 28.5. The third kappa shape index (κ3) is 3.57. The number of likely N-dealkylation sites (N-methyl/N-ethyl adjacent to an activating group) is 1. The summed E-state index contributed by atoms with van der Waals surface area (Å²) in [6.07, 6.45) is 0.0985. The number of carbonyl (C=O) groups is 4. The molecule has 0 saturated carbocycles. The molecule has 0 saturated heterocycles. The lowest BCUT2D eigenvalue weighted by Gasteiger charge is -2.50. The normalized spacial score (nSPS) is 26.3. The van der Waals surface area contributed by atoms with Crippen molar-refractivity contribution >= 4 is 23.4 Å². The van der Waals surface area contributed by atoms with E-state index in [1.54, 1.807) is 44.4 Å². The Morgan fingerprint density at radius 2 is 1.72 bits per heavy atom. The fraction of sp³-hybridized carbons (Fsp3) is 0.286. The Morgan fingerprint density at radius 3 is 2.33 bits per heavy atom. The Balaban J connectivity index is 1.72. The van der Waals surface area contributed by atoms with E-state index in [2.05, 4.69) is 0 Å². The van der Waals surface area contributed by atoms with Crippen molar-refractivity contribution in [3.05, 3.63) is 75.8 Å². The number of aromatic hydroxyl groups is 1. The number of primary amides is 2. The highest BCUT2D eigenvalue weighted by atomic mass is 16.3. The standard InChI is InChI=1S/C28H27N3O8/c1-31(2)21-16-10-13-9-15-14(11-4-3-5-12(8-11)26(29)37)6-7-17(32)19(15)22(33)18(13)24(35)28(16,39)25(36)20(23(21)34)27(30)38/h3-8,13,16,21,32,34-35,39H,9-10H2,1-2H3,(H2,29,37)(H2,30,38)/t13-,16-,21-,28-/m0/s1. The number of fused-ring (bicyclic) bond motifs is 3. The molecule has 0 bridgehead atoms. The van der Waals surface area contributed by atoms with Gasteiger partial charge in [0.1, 0.15) is 22.8 Å². The first-order valence-corrected chi connectivity index (χ1v) is 12.2. The van der Waals surface area contributed by atoms with Gasteiger partial charge in [-0.3, -0.25) is 24.1 Å². The maximum atomic E-state index is 13.8. The molecule has 0 spiro atoms. The monoisotopic (exact) mass is 533 g/mol. The highest BCUT2D eigenvalue weighted by Gasteiger charge is 2.63. The summed E-state index contributed by atoms with van der Waals surface area (Å²) in [5.41, 5.74) is 8.70. The molecular formula is C28H27N3O8. The summed E-state index contributed by atoms with van der Waals surface area (Å²) in [4.78, 5) is 52.5. The lowest BCUT2D eigenvalue weighted by Crippen LogP contribution is -2.63. The number of hydrogen-bond acceptors (Lipinski definition) is 9. The number of amides is 2. The summed E-state index contributed by atoms with van der Waals surface area (Å²) in [5.74, 6) is -7.76. The highest BCUT2D eigenvalue weighted by molar-refractivity contribution is 6.25. The Morgan fingerprint density at radius 1 is 1.03 bits per heavy atom. The molecule has 2 aromatic carbocycles. The van der Waals surface area contributed by atoms with Crippen LogP contribution in [0.25, 0.3) is 11.1 Å². The van der Waals surface area contributed by atoms with Crippen molar-refractivity contribution in [2.75, 3.05) is 14.1 Å². The van der Waals surface area contributed by atoms with Crippen LogP contribution in [-0.2, 0) is 16.0 Å². The van der Waals surface area contributed by atoms with Crippen LogP contribution < -0.4 is 11.5 Å². The lowest BCUT2D eigenvalue weighted by atomic mass is 9.58. The van der Waals surface area contributed by atoms with Crippen molar-refractivity contribution in [3.63, 3.8) is 0 Å². The Bertz CT molecular complexity index is 1560. The predicted molar refractivity (Wildman–Crippen MR) is 138 cm³/mol. The van der Waals surface area contributed by atoms with Gasteiger partial charge in [0.2, 0.25) is 11.7 Å². The van der Waals surface area contributed by atoms with Crippen LogP contribution in [0.4, 0.5) is 0 Å². The number of aliphatic hydroxyl groups excluding tert-OH is 2. The SMILES string of the molecule is CN(C)[C@@H]1C(O)=C(C(N)=O)C(=O)[C@@]2(O)C(O)=C3C(=O)c4c(O)ccc(-c5cccc(C(N)=O)c5)c4C[C@H]3C[C@@H]12. The molecule has 0 aromatic heterocycles. The van der Waals surface area contributed by atoms with Crippen LogP contribution in [0.1, 0.15) is 32.7 Å². The van der Waals surface area contributed by atoms with E-state index in [1.807, 2.05) is 0 Å². The maximum absolute atomic E-state index is 13.8. The second-order valence-corrected chi connectivity index (χ2v) is 10.4. The van der Waals surface area contributed by atoms with Crippen LogP contribution in [-0.4, -0.2) is 74.4 Å². The van der Waals surface area contributed by atoms with Gasteiger partial charge in [0.25, 0.3) is 5.91 Å². The second-order valence-electron chi connectivity index (χ2n) is 10.4. The van der Waals surface area contributed by atoms with Gasteiger partial charge in [0.15, 0.2) is 11.4 Å². The van der Waals surface area contributed by atoms with Crippen molar-refractivity contribution in [2.24, 2.45) is 23.3 Å². The largest absolute Gasteiger partial charge is 0.510 e. The number of rotatable bonds is 4. The van der Waals surface area contributed by atoms with Gasteiger partial charge >= 0.3 is 0 Å². The summed E-state index contributed by atoms with van der Waals surface area (Å²) >= 11 is 0. The summed E-state index contributed by atoms with van der Waals surface area (Å²) < 4.78 is 0. The van der Waals surface area contributed by atoms with Gasteiger partial charge < -0.3 is 31.9 Å². The van der Waals surface area contributed by atoms with E-state index in [-0.39, 0.29) is 35.3 Å². The lowest BCUT2D eigenvalue weighted by molar-refractivity contribution is -0.148. The number of phenolic OH excluding ortho intramolecular Hbond substituents is 1. The minimum Gasteiger partial charge on any atom is -0.510 e. The Hall–Kier alpha value is -4.48. The van der Waals surface area contributed by atoms with Gasteiger partial charge in [0, 0.05) is 17.1 Å². The minimum atomic E-state index is -2.70. The average molecular weight is 534 g/mol. The first-order chi connectivity index (χ1) is 18.3. The van der Waals surface area contributed by atoms with E-state index in [1.165, 1.54) is 11.0 Å². The number of nitrogens with zero attached hydrogens (tertiary/aromatic N) is 1. The number of Topliss-reactive ketones (excluding diaryl/α,β-unsaturated/α-hetero) is 2. The van der Waals surface area contributed by atoms with E-state index < -0.39 is 64.0 Å². The molecule has 202 valence electrons. The maximum Gasteiger partial charge on any atom is 0.255 e. The van der Waals surface area contributed by atoms with Crippen molar-refractivity contribution < 1.29 is 39.6 Å². The number of nitrogens with two attached hydrogens (primary N) is 2. The molecule has 0 heterocycles. The number of hydrogen-bond donors (Lipinski definition) is 6. The van der Waals surface area contributed by atoms with Gasteiger partial charge in [-0.05, 0) is 67.7 Å². The van der Waals surface area contributed by atoms with Crippen molar-refractivity contribution in [2.45, 2.75) is 24.5 Å². The van der Waals surface area contributed by atoms with Crippen LogP contribution in [0.5, 0.6) is 5.75 Å². The summed E-state index contributed by atoms with van der Waals surface area (Å²) in [6, 6.07) is 8.31. The summed E-state index contributed by atoms with van der Waals surface area (Å²) in [5, 5.41) is 44.6. The first-order valence-electron chi connectivity index (χ1n) is 12.2. The van der Waals surface area contributed by atoms with Crippen LogP contribution in [0, 0.1) is 11.8 Å². The highest BCUT2D eigenvalue weighted by Crippen LogP contribution is 2.53. The molecule has 11 heteroatoms. The van der Waals surface area contributed by atoms with E-state index >= 15 is 0 Å². The molecule has 0 fully saturated rings. The zero-order valence-corrected chi connectivity index (χ0v) is 21.1. The first kappa shape index (κ1) is 26.1. The molecule has 2 aromatic rings. The van der Waals surface area contributed by atoms with Crippen LogP contribution in [0.2, 0.25) is 0 Å². The quantitative estimate of drug-likeness (QED) is 0.308. The second kappa shape index (κ2) is 8.79. The molecule has 4 atom stereocenters. The minimum absolute atomic E-state index is 0.0256. The third-order valence-electron chi connectivity index (χ3n) is 8.06. The zero-order valence-electron chi connectivity index (χ0n) is 21.1. The van der Waals surface area contributed by atoms with Gasteiger partial charge in [-0.2, -0.15) is 0 Å². The number of phenols is 1. The molecule has 0 unspecified atom stereocenters. The van der Waals surface area contributed by atoms with Gasteiger partial charge in [-0.15, -0.1) is 0 Å². The van der Waals surface area contributed by atoms with E-state index in [0.29, 0.717) is 16.7 Å². The molecule has 0 aliphatic heterocycles. The smallest absolute Gasteiger partial charge is 0.255 e. The number of carbonyl (C=O) groups excluding carboxylic acids is 4. The Labute approximate surface area is 222 Å². The van der Waals surface area contributed by atoms with Gasteiger partial charge in [-0.25, -0.2) is 0 Å². The van der Waals surface area contributed by atoms with Crippen LogP contribution in [0.15, 0.2) is 59.1 Å². The number of aliphatic hydroxyl groups is 3. The average Bonchev–Trinajstić information content (AvgIpc) is 2.86. The molecule has 0 radical (unpaired) electrons. The predicted octanol–water partition coefficient (Wildman–Crippen LogP) is 0.887. The number of benzene rings is 2. The molecule has 3 aliphatic rings. The topological polar surface area (TPSA) is 204 Å². The van der Waals surface area contributed by atoms with E-state index in [0.717, 1.165) is 0 Å². The molecule has 8 N–H and O–H groups in total. The molecular weight excluding hydrogens is 506 g/mol. The van der Waals surface area contributed by atoms with Crippen LogP contribution >= 0.6 is 0 Å². The van der Waals surface area contributed by atoms with Crippen LogP contribution in [0.3, 0.4) is 0 Å². The molecule has 39 heavy (non-hydrogen) atoms. The molecule has 11 nitrogen and oxygen atoms in total. The van der Waals surface area contributed by atoms with Gasteiger partial charge in [0.05, 0.1) is 11.6 Å². The fourth-order valence-electron chi connectivity index (χ4n) is 6.36. The molecule has 5 rings (SSSR count). The van der Waals surface area contributed by atoms with Crippen molar-refractivity contribution in [3.8, 4) is 16.9 Å². The number of ketones is 2. The van der Waals surface area contributed by atoms with E-state index in [9.17, 15) is 39.6 Å². The van der Waals surface area contributed by atoms with Crippen molar-refractivity contribution in [1.29, 1.82) is 0 Å². The van der Waals surface area contributed by atoms with Crippen molar-refractivity contribution in [1.82, 2.24) is 4.90 Å². The summed E-state index contributed by atoms with van der Waals surface area (Å²) in [7, 11) is 3.13.